The van der Waals surface area contributed by atoms with Gasteiger partial charge in [0.2, 0.25) is 5.91 Å². The van der Waals surface area contributed by atoms with Crippen LogP contribution in [0, 0.1) is 0 Å². The molecule has 0 radical (unpaired) electrons. The lowest BCUT2D eigenvalue weighted by molar-refractivity contribution is -0.117. The molecule has 18 heavy (non-hydrogen) atoms. The van der Waals surface area contributed by atoms with E-state index in [0.717, 1.165) is 19.3 Å². The molecule has 0 saturated heterocycles. The molecule has 96 valence electrons. The largest absolute Gasteiger partial charge is 0.478 e. The Morgan fingerprint density at radius 1 is 1.39 bits per heavy atom. The number of carboxylic acid groups (broad SMARTS) is 1. The summed E-state index contributed by atoms with van der Waals surface area (Å²) in [6.07, 6.45) is 2.73. The number of hydrogen-bond acceptors (Lipinski definition) is 3. The van der Waals surface area contributed by atoms with Crippen LogP contribution >= 0.6 is 0 Å². The van der Waals surface area contributed by atoms with E-state index in [4.69, 9.17) is 5.11 Å². The molecule has 5 nitrogen and oxygen atoms in total. The van der Waals surface area contributed by atoms with Crippen molar-refractivity contribution in [2.75, 3.05) is 10.6 Å². The summed E-state index contributed by atoms with van der Waals surface area (Å²) in [6, 6.07) is 4.37. The second-order valence-corrected chi connectivity index (χ2v) is 4.39. The van der Waals surface area contributed by atoms with Gasteiger partial charge in [-0.3, -0.25) is 4.79 Å². The van der Waals surface area contributed by atoms with Crippen LogP contribution in [0.4, 0.5) is 11.4 Å². The van der Waals surface area contributed by atoms with E-state index in [2.05, 4.69) is 17.6 Å². The molecule has 0 aliphatic carbocycles. The van der Waals surface area contributed by atoms with E-state index < -0.39 is 5.97 Å². The van der Waals surface area contributed by atoms with Gasteiger partial charge in [-0.2, -0.15) is 0 Å². The van der Waals surface area contributed by atoms with Crippen LogP contribution in [0.2, 0.25) is 0 Å². The summed E-state index contributed by atoms with van der Waals surface area (Å²) in [5, 5.41) is 14.8. The predicted molar refractivity (Wildman–Crippen MR) is 69.0 cm³/mol. The third kappa shape index (κ3) is 2.45. The van der Waals surface area contributed by atoms with E-state index in [1.807, 2.05) is 0 Å². The molecule has 1 aromatic rings. The number of unbranched alkanes of at least 4 members (excludes halogenated alkanes) is 1. The molecule has 0 saturated carbocycles. The molecule has 1 aliphatic rings. The van der Waals surface area contributed by atoms with Gasteiger partial charge in [-0.05, 0) is 24.6 Å². The van der Waals surface area contributed by atoms with E-state index in [9.17, 15) is 9.59 Å². The lowest BCUT2D eigenvalue weighted by Crippen LogP contribution is -2.38. The Morgan fingerprint density at radius 2 is 2.17 bits per heavy atom. The SMILES string of the molecule is CCCCC1Nc2cc(C(=O)O)ccc2NC1=O. The zero-order valence-corrected chi connectivity index (χ0v) is 10.2. The third-order valence-corrected chi connectivity index (χ3v) is 3.02. The van der Waals surface area contributed by atoms with Crippen molar-refractivity contribution >= 4 is 23.3 Å². The molecule has 5 heteroatoms. The van der Waals surface area contributed by atoms with Crippen LogP contribution in [-0.4, -0.2) is 23.0 Å². The van der Waals surface area contributed by atoms with Gasteiger partial charge in [-0.15, -0.1) is 0 Å². The molecule has 0 aromatic heterocycles. The fourth-order valence-corrected chi connectivity index (χ4v) is 1.99. The zero-order chi connectivity index (χ0) is 13.1. The minimum absolute atomic E-state index is 0.0565. The van der Waals surface area contributed by atoms with Crippen molar-refractivity contribution in [3.8, 4) is 0 Å². The summed E-state index contributed by atoms with van der Waals surface area (Å²) in [6.45, 7) is 2.07. The highest BCUT2D eigenvalue weighted by Crippen LogP contribution is 2.29. The van der Waals surface area contributed by atoms with Crippen molar-refractivity contribution in [1.82, 2.24) is 0 Å². The van der Waals surface area contributed by atoms with E-state index in [0.29, 0.717) is 11.4 Å². The minimum atomic E-state index is -0.971. The van der Waals surface area contributed by atoms with Crippen LogP contribution < -0.4 is 10.6 Å². The molecule has 0 spiro atoms. The highest BCUT2D eigenvalue weighted by molar-refractivity contribution is 6.04. The van der Waals surface area contributed by atoms with E-state index >= 15 is 0 Å². The van der Waals surface area contributed by atoms with Gasteiger partial charge in [0.05, 0.1) is 16.9 Å². The van der Waals surface area contributed by atoms with Gasteiger partial charge in [0.25, 0.3) is 0 Å². The molecule has 3 N–H and O–H groups in total. The van der Waals surface area contributed by atoms with E-state index in [1.165, 1.54) is 6.07 Å². The number of amides is 1. The summed E-state index contributed by atoms with van der Waals surface area (Å²) < 4.78 is 0. The van der Waals surface area contributed by atoms with Crippen LogP contribution in [0.3, 0.4) is 0 Å². The van der Waals surface area contributed by atoms with Gasteiger partial charge in [0, 0.05) is 0 Å². The number of fused-ring (bicyclic) bond motifs is 1. The maximum absolute atomic E-state index is 11.8. The number of carboxylic acids is 1. The molecule has 1 atom stereocenters. The fraction of sp³-hybridized carbons (Fsp3) is 0.385. The van der Waals surface area contributed by atoms with Crippen molar-refractivity contribution in [2.24, 2.45) is 0 Å². The third-order valence-electron chi connectivity index (χ3n) is 3.02. The topological polar surface area (TPSA) is 78.4 Å². The standard InChI is InChI=1S/C13H16N2O3/c1-2-3-4-10-12(16)15-9-6-5-8(13(17)18)7-11(9)14-10/h5-7,10,14H,2-4H2,1H3,(H,15,16)(H,17,18). The van der Waals surface area contributed by atoms with Crippen LogP contribution in [0.25, 0.3) is 0 Å². The Hall–Kier alpha value is -2.04. The van der Waals surface area contributed by atoms with Crippen molar-refractivity contribution in [1.29, 1.82) is 0 Å². The van der Waals surface area contributed by atoms with Crippen molar-refractivity contribution in [3.05, 3.63) is 23.8 Å². The summed E-state index contributed by atoms with van der Waals surface area (Å²) in [7, 11) is 0. The summed E-state index contributed by atoms with van der Waals surface area (Å²) in [5.41, 5.74) is 1.53. The number of carbonyl (C=O) groups excluding carboxylic acids is 1. The summed E-state index contributed by atoms with van der Waals surface area (Å²) in [4.78, 5) is 22.7. The molecule has 1 aromatic carbocycles. The number of hydrogen-bond donors (Lipinski definition) is 3. The van der Waals surface area contributed by atoms with E-state index in [1.54, 1.807) is 12.1 Å². The van der Waals surface area contributed by atoms with Crippen LogP contribution in [0.15, 0.2) is 18.2 Å². The molecular weight excluding hydrogens is 232 g/mol. The molecular formula is C13H16N2O3. The molecule has 0 bridgehead atoms. The van der Waals surface area contributed by atoms with Gasteiger partial charge >= 0.3 is 5.97 Å². The van der Waals surface area contributed by atoms with Gasteiger partial charge in [0.1, 0.15) is 6.04 Å². The number of carbonyl (C=O) groups is 2. The average Bonchev–Trinajstić information content (AvgIpc) is 2.35. The first-order chi connectivity index (χ1) is 8.61. The quantitative estimate of drug-likeness (QED) is 0.764. The number of nitrogens with one attached hydrogen (secondary N) is 2. The summed E-state index contributed by atoms with van der Waals surface area (Å²) in [5.74, 6) is -1.03. The highest BCUT2D eigenvalue weighted by atomic mass is 16.4. The molecule has 0 fully saturated rings. The molecule has 2 rings (SSSR count). The first-order valence-corrected chi connectivity index (χ1v) is 6.06. The van der Waals surface area contributed by atoms with Gasteiger partial charge in [0.15, 0.2) is 0 Å². The zero-order valence-electron chi connectivity index (χ0n) is 10.2. The average molecular weight is 248 g/mol. The lowest BCUT2D eigenvalue weighted by Gasteiger charge is -2.27. The number of rotatable bonds is 4. The number of aromatic carboxylic acids is 1. The van der Waals surface area contributed by atoms with Gasteiger partial charge in [-0.1, -0.05) is 19.8 Å². The number of benzene rings is 1. The second-order valence-electron chi connectivity index (χ2n) is 4.39. The fourth-order valence-electron chi connectivity index (χ4n) is 1.99. The first-order valence-electron chi connectivity index (χ1n) is 6.06. The van der Waals surface area contributed by atoms with Gasteiger partial charge in [-0.25, -0.2) is 4.79 Å². The maximum atomic E-state index is 11.8. The lowest BCUT2D eigenvalue weighted by atomic mass is 10.0. The molecule has 1 unspecified atom stereocenters. The van der Waals surface area contributed by atoms with Crippen molar-refractivity contribution < 1.29 is 14.7 Å². The summed E-state index contributed by atoms with van der Waals surface area (Å²) >= 11 is 0. The Bertz CT molecular complexity index is 485. The monoisotopic (exact) mass is 248 g/mol. The van der Waals surface area contributed by atoms with Crippen molar-refractivity contribution in [3.63, 3.8) is 0 Å². The highest BCUT2D eigenvalue weighted by Gasteiger charge is 2.25. The predicted octanol–water partition coefficient (Wildman–Crippen LogP) is 2.31. The van der Waals surface area contributed by atoms with Crippen molar-refractivity contribution in [2.45, 2.75) is 32.2 Å². The minimum Gasteiger partial charge on any atom is -0.478 e. The Kier molecular flexibility index (Phi) is 3.50. The van der Waals surface area contributed by atoms with E-state index in [-0.39, 0.29) is 17.5 Å². The Balaban J connectivity index is 2.21. The normalized spacial score (nSPS) is 17.6. The van der Waals surface area contributed by atoms with Gasteiger partial charge < -0.3 is 15.7 Å². The molecule has 1 amide bonds. The van der Waals surface area contributed by atoms with Crippen LogP contribution in [0.1, 0.15) is 36.5 Å². The second kappa shape index (κ2) is 5.08. The first kappa shape index (κ1) is 12.4. The molecule has 1 heterocycles. The molecule has 1 aliphatic heterocycles. The smallest absolute Gasteiger partial charge is 0.335 e. The maximum Gasteiger partial charge on any atom is 0.335 e. The van der Waals surface area contributed by atoms with Crippen LogP contribution in [0.5, 0.6) is 0 Å². The Morgan fingerprint density at radius 3 is 2.83 bits per heavy atom. The Labute approximate surface area is 105 Å². The van der Waals surface area contributed by atoms with Crippen LogP contribution in [-0.2, 0) is 4.79 Å². The number of anilines is 2.